The summed E-state index contributed by atoms with van der Waals surface area (Å²) >= 11 is 0. The first kappa shape index (κ1) is 37.1. The number of halogens is 1. The highest BCUT2D eigenvalue weighted by atomic mass is 32.2. The first-order valence-corrected chi connectivity index (χ1v) is 20.3. The molecular formula is C38H48FN5O8S. The van der Waals surface area contributed by atoms with Crippen molar-refractivity contribution < 1.29 is 41.5 Å². The summed E-state index contributed by atoms with van der Waals surface area (Å²) < 4.78 is 54.8. The molecule has 2 aliphatic heterocycles. The van der Waals surface area contributed by atoms with Crippen molar-refractivity contribution in [1.82, 2.24) is 25.2 Å². The molecular weight excluding hydrogens is 706 g/mol. The van der Waals surface area contributed by atoms with Crippen LogP contribution in [-0.4, -0.2) is 83.2 Å². The lowest BCUT2D eigenvalue weighted by molar-refractivity contribution is -0.141. The number of nitrogens with zero attached hydrogens (tertiary/aromatic N) is 2. The number of nitrogens with one attached hydrogen (secondary N) is 3. The van der Waals surface area contributed by atoms with Crippen LogP contribution < -0.4 is 20.1 Å². The highest BCUT2D eigenvalue weighted by Gasteiger charge is 2.62. The summed E-state index contributed by atoms with van der Waals surface area (Å²) in [6.07, 6.45) is 8.81. The monoisotopic (exact) mass is 753 g/mol. The smallest absolute Gasteiger partial charge is 0.408 e. The molecule has 286 valence electrons. The van der Waals surface area contributed by atoms with Gasteiger partial charge in [0.05, 0.1) is 11.8 Å². The Morgan fingerprint density at radius 1 is 1.06 bits per heavy atom. The molecule has 2 aromatic rings. The molecule has 5 atom stereocenters. The van der Waals surface area contributed by atoms with E-state index in [1.807, 2.05) is 18.2 Å². The molecule has 15 heteroatoms. The van der Waals surface area contributed by atoms with E-state index >= 15 is 4.39 Å². The quantitative estimate of drug-likeness (QED) is 0.367. The minimum Gasteiger partial charge on any atom is -0.472 e. The van der Waals surface area contributed by atoms with E-state index < -0.39 is 80.2 Å². The van der Waals surface area contributed by atoms with Crippen LogP contribution in [0.4, 0.5) is 9.18 Å². The predicted octanol–water partition coefficient (Wildman–Crippen LogP) is 4.11. The minimum atomic E-state index is -3.90. The molecule has 3 aliphatic carbocycles. The van der Waals surface area contributed by atoms with Crippen molar-refractivity contribution in [2.24, 2.45) is 5.92 Å². The van der Waals surface area contributed by atoms with Crippen molar-refractivity contribution in [3.05, 3.63) is 47.3 Å². The minimum absolute atomic E-state index is 0.0150. The number of pyridine rings is 1. The number of aryl methyl sites for hydroxylation is 1. The topological polar surface area (TPSA) is 173 Å². The molecule has 3 N–H and O–H groups in total. The van der Waals surface area contributed by atoms with Gasteiger partial charge in [0.15, 0.2) is 0 Å². The molecule has 7 rings (SSSR count). The van der Waals surface area contributed by atoms with Crippen LogP contribution in [0, 0.1) is 11.7 Å². The summed E-state index contributed by atoms with van der Waals surface area (Å²) in [5.41, 5.74) is -0.310. The number of hydrogen-bond donors (Lipinski definition) is 3. The lowest BCUT2D eigenvalue weighted by Crippen LogP contribution is -2.58. The second-order valence-corrected chi connectivity index (χ2v) is 18.0. The van der Waals surface area contributed by atoms with E-state index in [1.165, 1.54) is 11.0 Å². The van der Waals surface area contributed by atoms with Crippen molar-refractivity contribution in [2.75, 3.05) is 6.54 Å². The Kier molecular flexibility index (Phi) is 9.92. The lowest BCUT2D eigenvalue weighted by Gasteiger charge is -2.30. The molecule has 3 fully saturated rings. The Morgan fingerprint density at radius 3 is 2.58 bits per heavy atom. The van der Waals surface area contributed by atoms with Crippen LogP contribution in [0.5, 0.6) is 5.88 Å². The second kappa shape index (κ2) is 14.2. The number of aromatic nitrogens is 1. The van der Waals surface area contributed by atoms with Crippen molar-refractivity contribution >= 4 is 44.7 Å². The summed E-state index contributed by atoms with van der Waals surface area (Å²) in [6, 6.07) is 2.68. The molecule has 1 saturated heterocycles. The summed E-state index contributed by atoms with van der Waals surface area (Å²) in [5.74, 6) is -2.63. The van der Waals surface area contributed by atoms with Crippen molar-refractivity contribution in [3.63, 3.8) is 0 Å². The number of sulfonamides is 1. The molecule has 0 spiro atoms. The number of para-hydroxylation sites is 1. The molecule has 53 heavy (non-hydrogen) atoms. The number of benzene rings is 1. The third-order valence-electron chi connectivity index (χ3n) is 10.8. The molecule has 3 heterocycles. The van der Waals surface area contributed by atoms with Crippen LogP contribution in [0.1, 0.15) is 96.1 Å². The molecule has 1 aromatic heterocycles. The zero-order valence-corrected chi connectivity index (χ0v) is 31.2. The summed E-state index contributed by atoms with van der Waals surface area (Å²) in [6.45, 7) is 5.11. The number of hydrogen-bond acceptors (Lipinski definition) is 9. The van der Waals surface area contributed by atoms with E-state index in [4.69, 9.17) is 9.47 Å². The fraction of sp³-hybridized carbons (Fsp3) is 0.605. The average Bonchev–Trinajstić information content (AvgIpc) is 3.96. The zero-order valence-electron chi connectivity index (χ0n) is 30.4. The van der Waals surface area contributed by atoms with Gasteiger partial charge in [0.25, 0.3) is 5.91 Å². The molecule has 13 nitrogen and oxygen atoms in total. The maximum Gasteiger partial charge on any atom is 0.408 e. The molecule has 4 amide bonds. The number of allylic oxidation sites excluding steroid dienone is 1. The Balaban J connectivity index is 1.20. The van der Waals surface area contributed by atoms with Crippen LogP contribution in [0.2, 0.25) is 0 Å². The molecule has 2 saturated carbocycles. The average molecular weight is 754 g/mol. The number of amides is 4. The summed E-state index contributed by atoms with van der Waals surface area (Å²) in [7, 11) is -3.90. The number of rotatable bonds is 6. The van der Waals surface area contributed by atoms with Gasteiger partial charge in [-0.25, -0.2) is 22.6 Å². The van der Waals surface area contributed by atoms with E-state index in [1.54, 1.807) is 26.8 Å². The molecule has 1 unspecified atom stereocenters. The summed E-state index contributed by atoms with van der Waals surface area (Å²) in [5, 5.41) is 5.69. The van der Waals surface area contributed by atoms with Crippen molar-refractivity contribution in [2.45, 2.75) is 132 Å². The molecule has 1 aromatic carbocycles. The van der Waals surface area contributed by atoms with E-state index in [-0.39, 0.29) is 30.8 Å². The Labute approximate surface area is 308 Å². The van der Waals surface area contributed by atoms with Gasteiger partial charge in [-0.15, -0.1) is 0 Å². The maximum absolute atomic E-state index is 15.0. The Hall–Kier alpha value is -4.27. The van der Waals surface area contributed by atoms with Gasteiger partial charge < -0.3 is 25.0 Å². The maximum atomic E-state index is 15.0. The van der Waals surface area contributed by atoms with E-state index in [0.717, 1.165) is 42.2 Å². The first-order chi connectivity index (χ1) is 25.1. The zero-order chi connectivity index (χ0) is 37.7. The van der Waals surface area contributed by atoms with E-state index in [9.17, 15) is 27.6 Å². The van der Waals surface area contributed by atoms with Crippen LogP contribution >= 0.6 is 0 Å². The van der Waals surface area contributed by atoms with Gasteiger partial charge in [-0.3, -0.25) is 19.1 Å². The second-order valence-electron chi connectivity index (χ2n) is 16.1. The van der Waals surface area contributed by atoms with Gasteiger partial charge in [-0.05, 0) is 90.2 Å². The van der Waals surface area contributed by atoms with Gasteiger partial charge in [-0.2, -0.15) is 0 Å². The highest BCUT2D eigenvalue weighted by molar-refractivity contribution is 7.91. The van der Waals surface area contributed by atoms with Gasteiger partial charge in [0, 0.05) is 23.3 Å². The third kappa shape index (κ3) is 7.85. The van der Waals surface area contributed by atoms with Gasteiger partial charge in [0.2, 0.25) is 27.7 Å². The van der Waals surface area contributed by atoms with Crippen molar-refractivity contribution in [1.29, 1.82) is 0 Å². The van der Waals surface area contributed by atoms with Gasteiger partial charge in [0.1, 0.15) is 40.7 Å². The lowest BCUT2D eigenvalue weighted by atomic mass is 10.0. The number of ether oxygens (including phenoxy) is 2. The van der Waals surface area contributed by atoms with Gasteiger partial charge >= 0.3 is 6.09 Å². The van der Waals surface area contributed by atoms with Crippen LogP contribution in [-0.2, 0) is 42.0 Å². The molecule has 0 bridgehead atoms. The normalized spacial score (nSPS) is 28.4. The fourth-order valence-electron chi connectivity index (χ4n) is 7.87. The fourth-order valence-corrected chi connectivity index (χ4v) is 9.23. The van der Waals surface area contributed by atoms with Crippen LogP contribution in [0.25, 0.3) is 10.9 Å². The Morgan fingerprint density at radius 2 is 1.83 bits per heavy atom. The summed E-state index contributed by atoms with van der Waals surface area (Å²) in [4.78, 5) is 61.5. The van der Waals surface area contributed by atoms with E-state index in [2.05, 4.69) is 20.3 Å². The third-order valence-corrected chi connectivity index (χ3v) is 12.6. The SMILES string of the molecule is CC(C)(C)OC(=O)N[C@H]1CCCCC/C=C\C2C[C@@]2(C(=O)NS(=O)(=O)C2CC2)NC(=O)[C@@H]2C[C@@H](Oc3nc4c(F)cccc4c4c3CCC4)CN2C1=O. The van der Waals surface area contributed by atoms with Crippen molar-refractivity contribution in [3.8, 4) is 5.88 Å². The molecule has 0 radical (unpaired) electrons. The van der Waals surface area contributed by atoms with Gasteiger partial charge in [-0.1, -0.05) is 37.1 Å². The van der Waals surface area contributed by atoms with Crippen LogP contribution in [0.15, 0.2) is 30.4 Å². The van der Waals surface area contributed by atoms with E-state index in [0.29, 0.717) is 38.5 Å². The number of fused-ring (bicyclic) bond motifs is 5. The number of carbonyl (C=O) groups excluding carboxylic acids is 4. The number of alkyl carbamates (subject to hydrolysis) is 1. The largest absolute Gasteiger partial charge is 0.472 e. The predicted molar refractivity (Wildman–Crippen MR) is 193 cm³/mol. The number of carbonyl (C=O) groups is 4. The first-order valence-electron chi connectivity index (χ1n) is 18.8. The highest BCUT2D eigenvalue weighted by Crippen LogP contribution is 2.46. The standard InChI is InChI=1S/C38H48FN5O8S/c1-37(2,3)52-36(48)40-29-16-8-6-4-5-7-11-22-20-38(22,35(47)43-53(49,50)24-17-18-24)42-32(45)30-19-23(21-44(30)34(29)46)51-33-27-14-9-12-25(27)26-13-10-15-28(39)31(26)41-33/h7,10-11,13,15,22-24,29-30H,4-6,8-9,12,14,16-21H2,1-3H3,(H,40,48)(H,42,45)(H,43,47)/b11-7-/t22?,23-,29+,30+,38-/m1/s1. The van der Waals surface area contributed by atoms with Crippen LogP contribution in [0.3, 0.4) is 0 Å². The molecule has 5 aliphatic rings. The Bertz CT molecular complexity index is 1960.